The fraction of sp³-hybridized carbons (Fsp3) is 0.667. The van der Waals surface area contributed by atoms with E-state index in [1.807, 2.05) is 0 Å². The largest absolute Gasteiger partial charge is 0.371 e. The molecule has 0 heterocycles. The van der Waals surface area contributed by atoms with Gasteiger partial charge in [0.1, 0.15) is 0 Å². The summed E-state index contributed by atoms with van der Waals surface area (Å²) in [5, 5.41) is 8.54. The van der Waals surface area contributed by atoms with Crippen molar-refractivity contribution in [3.05, 3.63) is 0 Å². The summed E-state index contributed by atoms with van der Waals surface area (Å²) in [4.78, 5) is 9.95. The number of aliphatic hydroxyl groups is 1. The highest BCUT2D eigenvalue weighted by molar-refractivity contribution is 9.10. The SMILES string of the molecule is CC(O)(Br)C(N)=O. The van der Waals surface area contributed by atoms with Gasteiger partial charge in [-0.25, -0.2) is 0 Å². The van der Waals surface area contributed by atoms with E-state index < -0.39 is 10.4 Å². The molecule has 3 N–H and O–H groups in total. The highest BCUT2D eigenvalue weighted by Gasteiger charge is 2.21. The molecule has 0 aromatic rings. The van der Waals surface area contributed by atoms with Gasteiger partial charge in [0, 0.05) is 0 Å². The molecule has 3 nitrogen and oxygen atoms in total. The van der Waals surface area contributed by atoms with E-state index in [1.165, 1.54) is 6.92 Å². The summed E-state index contributed by atoms with van der Waals surface area (Å²) in [6.45, 7) is 1.26. The minimum Gasteiger partial charge on any atom is -0.371 e. The molecule has 0 aliphatic rings. The first-order valence-electron chi connectivity index (χ1n) is 1.66. The molecular formula is C3H6BrNO2. The number of carbonyl (C=O) groups is 1. The van der Waals surface area contributed by atoms with E-state index >= 15 is 0 Å². The van der Waals surface area contributed by atoms with Crippen LogP contribution in [0.4, 0.5) is 0 Å². The van der Waals surface area contributed by atoms with Crippen LogP contribution in [0.15, 0.2) is 0 Å². The van der Waals surface area contributed by atoms with Gasteiger partial charge < -0.3 is 10.8 Å². The van der Waals surface area contributed by atoms with Crippen LogP contribution in [0.2, 0.25) is 0 Å². The topological polar surface area (TPSA) is 63.3 Å². The lowest BCUT2D eigenvalue weighted by Gasteiger charge is -2.06. The summed E-state index contributed by atoms with van der Waals surface area (Å²) in [5.41, 5.74) is 4.63. The van der Waals surface area contributed by atoms with Gasteiger partial charge in [0.05, 0.1) is 0 Å². The van der Waals surface area contributed by atoms with E-state index in [2.05, 4.69) is 21.7 Å². The molecule has 0 aromatic carbocycles. The molecule has 0 aliphatic heterocycles. The Balaban J connectivity index is 3.79. The highest BCUT2D eigenvalue weighted by atomic mass is 79.9. The van der Waals surface area contributed by atoms with Crippen LogP contribution < -0.4 is 5.73 Å². The summed E-state index contributed by atoms with van der Waals surface area (Å²) in [5.74, 6) is -0.785. The predicted molar refractivity (Wildman–Crippen MR) is 28.7 cm³/mol. The Morgan fingerprint density at radius 1 is 2.00 bits per heavy atom. The summed E-state index contributed by atoms with van der Waals surface area (Å²) < 4.78 is -1.55. The Morgan fingerprint density at radius 2 is 2.14 bits per heavy atom. The first-order chi connectivity index (χ1) is 2.94. The predicted octanol–water partition coefficient (Wildman–Crippen LogP) is -0.425. The minimum absolute atomic E-state index is 0.785. The lowest BCUT2D eigenvalue weighted by Crippen LogP contribution is -2.34. The third kappa shape index (κ3) is 2.59. The average molecular weight is 168 g/mol. The van der Waals surface area contributed by atoms with Crippen molar-refractivity contribution in [3.8, 4) is 0 Å². The Hall–Kier alpha value is -0.0900. The van der Waals surface area contributed by atoms with Crippen molar-refractivity contribution in [2.45, 2.75) is 11.4 Å². The van der Waals surface area contributed by atoms with Gasteiger partial charge in [-0.1, -0.05) is 0 Å². The number of nitrogens with two attached hydrogens (primary N) is 1. The standard InChI is InChI=1S/C3H6BrNO2/c1-3(4,7)2(5)6/h7H,1H3,(H2,5,6). The quantitative estimate of drug-likeness (QED) is 0.522. The number of alkyl halides is 1. The summed E-state index contributed by atoms with van der Waals surface area (Å²) >= 11 is 2.62. The van der Waals surface area contributed by atoms with Crippen LogP contribution in [0.1, 0.15) is 6.92 Å². The van der Waals surface area contributed by atoms with Gasteiger partial charge in [0.25, 0.3) is 5.91 Å². The van der Waals surface area contributed by atoms with Gasteiger partial charge in [0.2, 0.25) is 0 Å². The lowest BCUT2D eigenvalue weighted by molar-refractivity contribution is -0.126. The lowest BCUT2D eigenvalue weighted by atomic mass is 10.4. The van der Waals surface area contributed by atoms with Crippen LogP contribution >= 0.6 is 15.9 Å². The third-order valence-electron chi connectivity index (χ3n) is 0.450. The van der Waals surface area contributed by atoms with Crippen molar-refractivity contribution in [2.75, 3.05) is 0 Å². The molecule has 0 aliphatic carbocycles. The van der Waals surface area contributed by atoms with E-state index in [-0.39, 0.29) is 0 Å². The number of rotatable bonds is 1. The molecule has 4 heteroatoms. The average Bonchev–Trinajstić information content (AvgIpc) is 1.31. The van der Waals surface area contributed by atoms with Crippen LogP contribution in [0.3, 0.4) is 0 Å². The maximum absolute atomic E-state index is 9.95. The summed E-state index contributed by atoms with van der Waals surface area (Å²) in [7, 11) is 0. The van der Waals surface area contributed by atoms with E-state index in [1.54, 1.807) is 0 Å². The Labute approximate surface area is 49.6 Å². The molecule has 0 radical (unpaired) electrons. The van der Waals surface area contributed by atoms with Crippen LogP contribution in [-0.4, -0.2) is 15.5 Å². The molecule has 0 aromatic heterocycles. The molecule has 7 heavy (non-hydrogen) atoms. The number of halogens is 1. The molecule has 0 saturated carbocycles. The van der Waals surface area contributed by atoms with Crippen molar-refractivity contribution >= 4 is 21.8 Å². The number of carbonyl (C=O) groups excluding carboxylic acids is 1. The normalized spacial score (nSPS) is 18.1. The Morgan fingerprint density at radius 3 is 2.14 bits per heavy atom. The molecule has 1 unspecified atom stereocenters. The maximum atomic E-state index is 9.95. The molecule has 0 rings (SSSR count). The third-order valence-corrected chi connectivity index (χ3v) is 0.841. The number of amides is 1. The molecular weight excluding hydrogens is 162 g/mol. The second-order valence-corrected chi connectivity index (χ2v) is 2.86. The van der Waals surface area contributed by atoms with E-state index in [9.17, 15) is 4.79 Å². The van der Waals surface area contributed by atoms with Crippen LogP contribution in [-0.2, 0) is 4.79 Å². The first kappa shape index (κ1) is 6.91. The molecule has 0 spiro atoms. The second kappa shape index (κ2) is 1.79. The zero-order chi connectivity index (χ0) is 6.08. The molecule has 1 atom stereocenters. The summed E-state index contributed by atoms with van der Waals surface area (Å²) in [6, 6.07) is 0. The molecule has 1 amide bonds. The highest BCUT2D eigenvalue weighted by Crippen LogP contribution is 2.09. The maximum Gasteiger partial charge on any atom is 0.260 e. The van der Waals surface area contributed by atoms with Crippen molar-refractivity contribution in [1.82, 2.24) is 0 Å². The zero-order valence-corrected chi connectivity index (χ0v) is 5.40. The van der Waals surface area contributed by atoms with E-state index in [0.717, 1.165) is 0 Å². The van der Waals surface area contributed by atoms with Crippen molar-refractivity contribution in [1.29, 1.82) is 0 Å². The summed E-state index contributed by atoms with van der Waals surface area (Å²) in [6.07, 6.45) is 0. The fourth-order valence-corrected chi connectivity index (χ4v) is 0. The van der Waals surface area contributed by atoms with Crippen LogP contribution in [0.5, 0.6) is 0 Å². The van der Waals surface area contributed by atoms with Gasteiger partial charge in [-0.05, 0) is 22.9 Å². The smallest absolute Gasteiger partial charge is 0.260 e. The van der Waals surface area contributed by atoms with Gasteiger partial charge in [-0.2, -0.15) is 0 Å². The number of primary amides is 1. The molecule has 42 valence electrons. The van der Waals surface area contributed by atoms with Gasteiger partial charge in [-0.15, -0.1) is 0 Å². The second-order valence-electron chi connectivity index (χ2n) is 1.32. The Bertz CT molecular complexity index is 85.4. The first-order valence-corrected chi connectivity index (χ1v) is 2.45. The zero-order valence-electron chi connectivity index (χ0n) is 3.81. The number of hydrogen-bond acceptors (Lipinski definition) is 2. The van der Waals surface area contributed by atoms with E-state index in [0.29, 0.717) is 0 Å². The van der Waals surface area contributed by atoms with Gasteiger partial charge >= 0.3 is 0 Å². The van der Waals surface area contributed by atoms with Crippen LogP contribution in [0, 0.1) is 0 Å². The Kier molecular flexibility index (Phi) is 1.77. The molecule has 0 bridgehead atoms. The number of hydrogen-bond donors (Lipinski definition) is 2. The van der Waals surface area contributed by atoms with Crippen molar-refractivity contribution in [2.24, 2.45) is 5.73 Å². The monoisotopic (exact) mass is 167 g/mol. The van der Waals surface area contributed by atoms with Crippen molar-refractivity contribution in [3.63, 3.8) is 0 Å². The molecule has 0 saturated heterocycles. The minimum atomic E-state index is -1.55. The van der Waals surface area contributed by atoms with Gasteiger partial charge in [-0.3, -0.25) is 4.79 Å². The van der Waals surface area contributed by atoms with Crippen LogP contribution in [0.25, 0.3) is 0 Å². The van der Waals surface area contributed by atoms with Crippen molar-refractivity contribution < 1.29 is 9.90 Å². The fourth-order valence-electron chi connectivity index (χ4n) is 0. The molecule has 0 fully saturated rings. The van der Waals surface area contributed by atoms with E-state index in [4.69, 9.17) is 5.11 Å². The van der Waals surface area contributed by atoms with Gasteiger partial charge in [0.15, 0.2) is 4.51 Å².